The summed E-state index contributed by atoms with van der Waals surface area (Å²) in [4.78, 5) is 21.9. The normalized spacial score (nSPS) is 9.69. The van der Waals surface area contributed by atoms with Crippen molar-refractivity contribution in [1.29, 1.82) is 0 Å². The van der Waals surface area contributed by atoms with Gasteiger partial charge < -0.3 is 4.74 Å². The predicted molar refractivity (Wildman–Crippen MR) is 50.4 cm³/mol. The van der Waals surface area contributed by atoms with Gasteiger partial charge in [-0.2, -0.15) is 0 Å². The number of carbonyl (C=O) groups is 2. The van der Waals surface area contributed by atoms with Gasteiger partial charge in [0.25, 0.3) is 0 Å². The molecule has 13 heavy (non-hydrogen) atoms. The van der Waals surface area contributed by atoms with Crippen LogP contribution in [0.25, 0.3) is 0 Å². The molecule has 0 saturated heterocycles. The molecule has 0 aromatic rings. The maximum Gasteiger partial charge on any atom is 0.306 e. The summed E-state index contributed by atoms with van der Waals surface area (Å²) in [5.41, 5.74) is 0. The quantitative estimate of drug-likeness (QED) is 0.572. The molecule has 3 heteroatoms. The van der Waals surface area contributed by atoms with E-state index in [4.69, 9.17) is 4.74 Å². The van der Waals surface area contributed by atoms with Gasteiger partial charge in [-0.25, -0.2) is 0 Å². The van der Waals surface area contributed by atoms with Crippen molar-refractivity contribution in [3.8, 4) is 0 Å². The van der Waals surface area contributed by atoms with Gasteiger partial charge in [-0.1, -0.05) is 13.8 Å². The van der Waals surface area contributed by atoms with E-state index in [1.165, 1.54) is 0 Å². The molecule has 0 aromatic carbocycles. The van der Waals surface area contributed by atoms with E-state index in [9.17, 15) is 9.59 Å². The Morgan fingerprint density at radius 3 is 2.23 bits per heavy atom. The largest absolute Gasteiger partial charge is 0.466 e. The summed E-state index contributed by atoms with van der Waals surface area (Å²) in [5, 5.41) is 0. The van der Waals surface area contributed by atoms with Gasteiger partial charge in [0.05, 0.1) is 13.0 Å². The number of Topliss-reactive ketones (excluding diaryl/α,β-unsaturated/α-hetero) is 1. The van der Waals surface area contributed by atoms with Crippen LogP contribution in [0.1, 0.15) is 46.0 Å². The van der Waals surface area contributed by atoms with Crippen LogP contribution in [0.3, 0.4) is 0 Å². The first-order valence-corrected chi connectivity index (χ1v) is 4.88. The van der Waals surface area contributed by atoms with Crippen molar-refractivity contribution in [2.45, 2.75) is 46.0 Å². The minimum Gasteiger partial charge on any atom is -0.466 e. The predicted octanol–water partition coefficient (Wildman–Crippen LogP) is 2.09. The molecular formula is C10H18O3. The van der Waals surface area contributed by atoms with Crippen LogP contribution >= 0.6 is 0 Å². The third-order valence-corrected chi connectivity index (χ3v) is 1.60. The highest BCUT2D eigenvalue weighted by atomic mass is 16.5. The third kappa shape index (κ3) is 7.50. The molecule has 0 aliphatic carbocycles. The summed E-state index contributed by atoms with van der Waals surface area (Å²) in [5.74, 6) is -0.109. The van der Waals surface area contributed by atoms with Gasteiger partial charge in [-0.15, -0.1) is 0 Å². The second kappa shape index (κ2) is 7.77. The summed E-state index contributed by atoms with van der Waals surface area (Å²) >= 11 is 0. The van der Waals surface area contributed by atoms with Crippen LogP contribution in [0.2, 0.25) is 0 Å². The van der Waals surface area contributed by atoms with Crippen molar-refractivity contribution >= 4 is 11.8 Å². The van der Waals surface area contributed by atoms with Crippen molar-refractivity contribution in [1.82, 2.24) is 0 Å². The summed E-state index contributed by atoms with van der Waals surface area (Å²) < 4.78 is 4.83. The molecule has 3 nitrogen and oxygen atoms in total. The first-order chi connectivity index (χ1) is 6.20. The molecule has 0 atom stereocenters. The van der Waals surface area contributed by atoms with Gasteiger partial charge in [0.2, 0.25) is 0 Å². The zero-order valence-corrected chi connectivity index (χ0v) is 8.47. The molecule has 0 saturated carbocycles. The molecule has 76 valence electrons. The van der Waals surface area contributed by atoms with Crippen molar-refractivity contribution in [3.63, 3.8) is 0 Å². The van der Waals surface area contributed by atoms with Crippen molar-refractivity contribution in [2.75, 3.05) is 6.61 Å². The highest BCUT2D eigenvalue weighted by Crippen LogP contribution is 1.99. The molecule has 0 spiro atoms. The number of hydrogen-bond donors (Lipinski definition) is 0. The lowest BCUT2D eigenvalue weighted by molar-refractivity contribution is -0.144. The Hall–Kier alpha value is -0.860. The molecule has 0 radical (unpaired) electrons. The van der Waals surface area contributed by atoms with E-state index in [0.717, 1.165) is 12.8 Å². The zero-order valence-electron chi connectivity index (χ0n) is 8.47. The number of ketones is 1. The lowest BCUT2D eigenvalue weighted by Gasteiger charge is -2.01. The van der Waals surface area contributed by atoms with Crippen molar-refractivity contribution < 1.29 is 14.3 Å². The Morgan fingerprint density at radius 2 is 1.69 bits per heavy atom. The third-order valence-electron chi connectivity index (χ3n) is 1.60. The van der Waals surface area contributed by atoms with Crippen molar-refractivity contribution in [3.05, 3.63) is 0 Å². The lowest BCUT2D eigenvalue weighted by atomic mass is 10.1. The van der Waals surface area contributed by atoms with Gasteiger partial charge in [-0.3, -0.25) is 9.59 Å². The second-order valence-corrected chi connectivity index (χ2v) is 3.01. The Kier molecular flexibility index (Phi) is 7.26. The Morgan fingerprint density at radius 1 is 1.00 bits per heavy atom. The molecule has 0 aliphatic heterocycles. The molecule has 0 N–H and O–H groups in total. The molecule has 0 aliphatic rings. The Bertz CT molecular complexity index is 164. The van der Waals surface area contributed by atoms with Gasteiger partial charge in [0.15, 0.2) is 0 Å². The topological polar surface area (TPSA) is 43.4 Å². The molecule has 0 amide bonds. The van der Waals surface area contributed by atoms with Crippen LogP contribution in [0.5, 0.6) is 0 Å². The van der Waals surface area contributed by atoms with E-state index in [1.54, 1.807) is 0 Å². The van der Waals surface area contributed by atoms with Gasteiger partial charge in [-0.05, 0) is 12.8 Å². The fraction of sp³-hybridized carbons (Fsp3) is 0.800. The molecule has 0 heterocycles. The standard InChI is InChI=1S/C10H18O3/c1-3-5-9(11)6-7-10(12)13-8-4-2/h3-8H2,1-2H3. The van der Waals surface area contributed by atoms with Crippen molar-refractivity contribution in [2.24, 2.45) is 0 Å². The van der Waals surface area contributed by atoms with Gasteiger partial charge in [0, 0.05) is 12.8 Å². The fourth-order valence-corrected chi connectivity index (χ4v) is 0.933. The molecule has 0 fully saturated rings. The van der Waals surface area contributed by atoms with E-state index >= 15 is 0 Å². The Labute approximate surface area is 79.5 Å². The monoisotopic (exact) mass is 186 g/mol. The van der Waals surface area contributed by atoms with Crippen LogP contribution in [0.15, 0.2) is 0 Å². The second-order valence-electron chi connectivity index (χ2n) is 3.01. The minimum atomic E-state index is -0.258. The molecular weight excluding hydrogens is 168 g/mol. The molecule has 0 aromatic heterocycles. The molecule has 0 rings (SSSR count). The number of esters is 1. The Balaban J connectivity index is 3.40. The summed E-state index contributed by atoms with van der Waals surface area (Å²) in [7, 11) is 0. The van der Waals surface area contributed by atoms with Gasteiger partial charge in [0.1, 0.15) is 5.78 Å². The van der Waals surface area contributed by atoms with Crippen LogP contribution < -0.4 is 0 Å². The van der Waals surface area contributed by atoms with Crippen LogP contribution in [-0.2, 0) is 14.3 Å². The zero-order chi connectivity index (χ0) is 10.1. The van der Waals surface area contributed by atoms with E-state index in [1.807, 2.05) is 13.8 Å². The van der Waals surface area contributed by atoms with E-state index in [-0.39, 0.29) is 18.2 Å². The number of rotatable bonds is 7. The SMILES string of the molecule is CCCOC(=O)CCC(=O)CCC. The number of hydrogen-bond acceptors (Lipinski definition) is 3. The molecule has 0 bridgehead atoms. The van der Waals surface area contributed by atoms with Crippen LogP contribution in [-0.4, -0.2) is 18.4 Å². The minimum absolute atomic E-state index is 0.149. The maximum atomic E-state index is 11.0. The fourth-order valence-electron chi connectivity index (χ4n) is 0.933. The van der Waals surface area contributed by atoms with Gasteiger partial charge >= 0.3 is 5.97 Å². The highest BCUT2D eigenvalue weighted by Gasteiger charge is 2.06. The van der Waals surface area contributed by atoms with Crippen LogP contribution in [0, 0.1) is 0 Å². The average Bonchev–Trinajstić information content (AvgIpc) is 2.12. The summed E-state index contributed by atoms with van der Waals surface area (Å²) in [6.45, 7) is 4.35. The first kappa shape index (κ1) is 12.1. The molecule has 0 unspecified atom stereocenters. The average molecular weight is 186 g/mol. The number of ether oxygens (including phenoxy) is 1. The summed E-state index contributed by atoms with van der Waals surface area (Å²) in [6, 6.07) is 0. The summed E-state index contributed by atoms with van der Waals surface area (Å²) in [6.07, 6.45) is 2.81. The highest BCUT2D eigenvalue weighted by molar-refractivity contribution is 5.82. The lowest BCUT2D eigenvalue weighted by Crippen LogP contribution is -2.08. The van der Waals surface area contributed by atoms with Crippen LogP contribution in [0.4, 0.5) is 0 Å². The van der Waals surface area contributed by atoms with E-state index in [2.05, 4.69) is 0 Å². The smallest absolute Gasteiger partial charge is 0.306 e. The number of carbonyl (C=O) groups excluding carboxylic acids is 2. The van der Waals surface area contributed by atoms with E-state index < -0.39 is 0 Å². The maximum absolute atomic E-state index is 11.0. The van der Waals surface area contributed by atoms with E-state index in [0.29, 0.717) is 19.4 Å². The first-order valence-electron chi connectivity index (χ1n) is 4.88.